The zero-order valence-electron chi connectivity index (χ0n) is 10.9. The summed E-state index contributed by atoms with van der Waals surface area (Å²) in [4.78, 5) is 9.96. The Morgan fingerprint density at radius 1 is 1.17 bits per heavy atom. The zero-order chi connectivity index (χ0) is 12.6. The van der Waals surface area contributed by atoms with Crippen LogP contribution in [0.1, 0.15) is 45.4 Å². The summed E-state index contributed by atoms with van der Waals surface area (Å²) in [5.74, 6) is 1.19. The molecule has 18 heavy (non-hydrogen) atoms. The van der Waals surface area contributed by atoms with E-state index in [1.807, 2.05) is 30.1 Å². The lowest BCUT2D eigenvalue weighted by molar-refractivity contribution is 0.627. The fourth-order valence-corrected chi connectivity index (χ4v) is 3.90. The van der Waals surface area contributed by atoms with Gasteiger partial charge in [-0.3, -0.25) is 0 Å². The van der Waals surface area contributed by atoms with Crippen molar-refractivity contribution < 1.29 is 0 Å². The van der Waals surface area contributed by atoms with E-state index in [1.54, 1.807) is 11.3 Å². The highest BCUT2D eigenvalue weighted by atomic mass is 32.2. The second kappa shape index (κ2) is 7.74. The number of hydrogen-bond acceptors (Lipinski definition) is 4. The van der Waals surface area contributed by atoms with Crippen molar-refractivity contribution in [1.29, 1.82) is 0 Å². The molecule has 2 nitrogen and oxygen atoms in total. The van der Waals surface area contributed by atoms with Gasteiger partial charge < -0.3 is 0 Å². The minimum atomic E-state index is 1.04. The van der Waals surface area contributed by atoms with Gasteiger partial charge in [0.15, 0.2) is 4.34 Å². The standard InChI is InChI=1S/C14H20N2S2/c1-2-3-4-5-6-7-11-17-14-16-12-9-8-10-15-13(12)18-14/h8-10H,2-7,11H2,1H3. The molecule has 0 aliphatic heterocycles. The first-order valence-corrected chi connectivity index (χ1v) is 8.54. The Kier molecular flexibility index (Phi) is 5.94. The summed E-state index contributed by atoms with van der Waals surface area (Å²) >= 11 is 3.59. The Morgan fingerprint density at radius 2 is 2.00 bits per heavy atom. The highest BCUT2D eigenvalue weighted by molar-refractivity contribution is 8.01. The smallest absolute Gasteiger partial charge is 0.152 e. The molecular formula is C14H20N2S2. The van der Waals surface area contributed by atoms with Gasteiger partial charge in [0.1, 0.15) is 10.3 Å². The molecule has 0 aliphatic rings. The van der Waals surface area contributed by atoms with E-state index in [9.17, 15) is 0 Å². The fraction of sp³-hybridized carbons (Fsp3) is 0.571. The molecule has 0 aromatic carbocycles. The normalized spacial score (nSPS) is 11.2. The van der Waals surface area contributed by atoms with E-state index >= 15 is 0 Å². The third-order valence-corrected chi connectivity index (χ3v) is 5.08. The van der Waals surface area contributed by atoms with Gasteiger partial charge >= 0.3 is 0 Å². The largest absolute Gasteiger partial charge is 0.244 e. The molecule has 0 aliphatic carbocycles. The number of pyridine rings is 1. The van der Waals surface area contributed by atoms with Crippen molar-refractivity contribution >= 4 is 33.4 Å². The van der Waals surface area contributed by atoms with Crippen LogP contribution in [0.15, 0.2) is 22.7 Å². The lowest BCUT2D eigenvalue weighted by atomic mass is 10.1. The molecule has 0 amide bonds. The minimum absolute atomic E-state index is 1.04. The lowest BCUT2D eigenvalue weighted by Gasteiger charge is -1.99. The molecule has 0 unspecified atom stereocenters. The van der Waals surface area contributed by atoms with Crippen molar-refractivity contribution in [2.75, 3.05) is 5.75 Å². The number of hydrogen-bond donors (Lipinski definition) is 0. The van der Waals surface area contributed by atoms with Crippen molar-refractivity contribution in [3.8, 4) is 0 Å². The molecule has 2 rings (SSSR count). The number of rotatable bonds is 8. The van der Waals surface area contributed by atoms with Crippen molar-refractivity contribution in [3.63, 3.8) is 0 Å². The van der Waals surface area contributed by atoms with E-state index in [2.05, 4.69) is 16.9 Å². The number of unbranched alkanes of at least 4 members (excludes halogenated alkanes) is 5. The van der Waals surface area contributed by atoms with E-state index < -0.39 is 0 Å². The SMILES string of the molecule is CCCCCCCCSc1nc2cccnc2s1. The second-order valence-corrected chi connectivity index (χ2v) is 6.74. The first kappa shape index (κ1) is 13.8. The van der Waals surface area contributed by atoms with Gasteiger partial charge in [0.2, 0.25) is 0 Å². The summed E-state index contributed by atoms with van der Waals surface area (Å²) in [6.07, 6.45) is 9.99. The van der Waals surface area contributed by atoms with Crippen LogP contribution < -0.4 is 0 Å². The molecule has 0 spiro atoms. The van der Waals surface area contributed by atoms with Crippen LogP contribution in [-0.4, -0.2) is 15.7 Å². The minimum Gasteiger partial charge on any atom is -0.244 e. The Balaban J connectivity index is 1.67. The first-order valence-electron chi connectivity index (χ1n) is 6.74. The van der Waals surface area contributed by atoms with Gasteiger partial charge in [0.05, 0.1) is 0 Å². The summed E-state index contributed by atoms with van der Waals surface area (Å²) in [6, 6.07) is 3.98. The quantitative estimate of drug-likeness (QED) is 0.494. The molecule has 0 atom stereocenters. The maximum absolute atomic E-state index is 4.58. The van der Waals surface area contributed by atoms with Crippen molar-refractivity contribution in [1.82, 2.24) is 9.97 Å². The Labute approximate surface area is 117 Å². The van der Waals surface area contributed by atoms with Crippen molar-refractivity contribution in [2.24, 2.45) is 0 Å². The van der Waals surface area contributed by atoms with Crippen molar-refractivity contribution in [3.05, 3.63) is 18.3 Å². The molecule has 2 aromatic heterocycles. The predicted molar refractivity (Wildman–Crippen MR) is 81.5 cm³/mol. The number of aromatic nitrogens is 2. The molecule has 0 fully saturated rings. The van der Waals surface area contributed by atoms with Crippen molar-refractivity contribution in [2.45, 2.75) is 49.8 Å². The van der Waals surface area contributed by atoms with E-state index in [-0.39, 0.29) is 0 Å². The van der Waals surface area contributed by atoms with Crippen LogP contribution in [0.25, 0.3) is 10.3 Å². The van der Waals surface area contributed by atoms with Crippen LogP contribution in [0.2, 0.25) is 0 Å². The summed E-state index contributed by atoms with van der Waals surface area (Å²) in [5, 5.41) is 0. The molecule has 0 saturated carbocycles. The van der Waals surface area contributed by atoms with Gasteiger partial charge in [-0.05, 0) is 18.6 Å². The summed E-state index contributed by atoms with van der Waals surface area (Å²) in [7, 11) is 0. The Bertz CT molecular complexity index is 435. The Hall–Kier alpha value is -0.610. The number of fused-ring (bicyclic) bond motifs is 1. The average molecular weight is 280 g/mol. The van der Waals surface area contributed by atoms with E-state index in [0.29, 0.717) is 0 Å². The third kappa shape index (κ3) is 4.25. The lowest BCUT2D eigenvalue weighted by Crippen LogP contribution is -1.82. The monoisotopic (exact) mass is 280 g/mol. The zero-order valence-corrected chi connectivity index (χ0v) is 12.5. The van der Waals surface area contributed by atoms with E-state index in [1.165, 1.54) is 44.3 Å². The Morgan fingerprint density at radius 3 is 2.83 bits per heavy atom. The topological polar surface area (TPSA) is 25.8 Å². The summed E-state index contributed by atoms with van der Waals surface area (Å²) in [6.45, 7) is 2.26. The molecule has 0 saturated heterocycles. The van der Waals surface area contributed by atoms with Gasteiger partial charge in [-0.15, -0.1) is 0 Å². The second-order valence-electron chi connectivity index (χ2n) is 4.42. The van der Waals surface area contributed by atoms with Gasteiger partial charge in [0.25, 0.3) is 0 Å². The molecule has 0 N–H and O–H groups in total. The number of thioether (sulfide) groups is 1. The van der Waals surface area contributed by atoms with Crippen LogP contribution in [0.3, 0.4) is 0 Å². The van der Waals surface area contributed by atoms with Crippen LogP contribution in [0.5, 0.6) is 0 Å². The molecular weight excluding hydrogens is 260 g/mol. The fourth-order valence-electron chi connectivity index (χ4n) is 1.85. The van der Waals surface area contributed by atoms with Crippen LogP contribution in [0.4, 0.5) is 0 Å². The maximum Gasteiger partial charge on any atom is 0.152 e. The number of thiazole rings is 1. The van der Waals surface area contributed by atoms with Gasteiger partial charge in [-0.2, -0.15) is 0 Å². The average Bonchev–Trinajstić information content (AvgIpc) is 2.80. The van der Waals surface area contributed by atoms with Gasteiger partial charge in [-0.25, -0.2) is 9.97 Å². The maximum atomic E-state index is 4.58. The van der Waals surface area contributed by atoms with Gasteiger partial charge in [0, 0.05) is 11.9 Å². The molecule has 2 aromatic rings. The molecule has 2 heterocycles. The third-order valence-electron chi connectivity index (χ3n) is 2.87. The van der Waals surface area contributed by atoms with E-state index in [0.717, 1.165) is 14.7 Å². The van der Waals surface area contributed by atoms with Crippen LogP contribution in [-0.2, 0) is 0 Å². The summed E-state index contributed by atoms with van der Waals surface area (Å²) in [5.41, 5.74) is 1.04. The van der Waals surface area contributed by atoms with E-state index in [4.69, 9.17) is 0 Å². The first-order chi connectivity index (χ1) is 8.90. The van der Waals surface area contributed by atoms with Gasteiger partial charge in [-0.1, -0.05) is 62.1 Å². The summed E-state index contributed by atoms with van der Waals surface area (Å²) < 4.78 is 1.16. The number of nitrogens with zero attached hydrogens (tertiary/aromatic N) is 2. The highest BCUT2D eigenvalue weighted by Crippen LogP contribution is 2.28. The molecule has 0 bridgehead atoms. The highest BCUT2D eigenvalue weighted by Gasteiger charge is 2.04. The molecule has 98 valence electrons. The molecule has 0 radical (unpaired) electrons. The molecule has 4 heteroatoms. The van der Waals surface area contributed by atoms with Crippen LogP contribution >= 0.6 is 23.1 Å². The van der Waals surface area contributed by atoms with Crippen LogP contribution in [0, 0.1) is 0 Å². The predicted octanol–water partition coefficient (Wildman–Crippen LogP) is 5.14.